The van der Waals surface area contributed by atoms with Crippen LogP contribution in [0.25, 0.3) is 0 Å². The number of nitrogens with one attached hydrogen (secondary N) is 1. The zero-order valence-electron chi connectivity index (χ0n) is 13.9. The zero-order chi connectivity index (χ0) is 17.7. The van der Waals surface area contributed by atoms with Gasteiger partial charge in [-0.25, -0.2) is 12.7 Å². The van der Waals surface area contributed by atoms with E-state index in [2.05, 4.69) is 5.32 Å². The Hall–Kier alpha value is -0.760. The molecule has 8 heteroatoms. The summed E-state index contributed by atoms with van der Waals surface area (Å²) in [5, 5.41) is 3.59. The lowest BCUT2D eigenvalue weighted by molar-refractivity contribution is -0.113. The highest BCUT2D eigenvalue weighted by Gasteiger charge is 2.20. The van der Waals surface area contributed by atoms with Gasteiger partial charge in [-0.15, -0.1) is 11.8 Å². The monoisotopic (exact) mass is 390 g/mol. The van der Waals surface area contributed by atoms with Crippen LogP contribution in [0.15, 0.2) is 23.1 Å². The summed E-state index contributed by atoms with van der Waals surface area (Å²) in [5.74, 6) is 0.193. The number of benzene rings is 1. The van der Waals surface area contributed by atoms with E-state index in [1.807, 2.05) is 0 Å². The van der Waals surface area contributed by atoms with Crippen LogP contribution in [0, 0.1) is 0 Å². The molecule has 1 aromatic carbocycles. The molecule has 0 saturated heterocycles. The Bertz CT molecular complexity index is 687. The number of hydrogen-bond acceptors (Lipinski definition) is 4. The maximum Gasteiger partial charge on any atom is 0.242 e. The van der Waals surface area contributed by atoms with Crippen molar-refractivity contribution in [3.05, 3.63) is 23.2 Å². The van der Waals surface area contributed by atoms with Gasteiger partial charge in [0.05, 0.1) is 21.4 Å². The van der Waals surface area contributed by atoms with Crippen molar-refractivity contribution in [1.82, 2.24) is 4.31 Å². The van der Waals surface area contributed by atoms with Gasteiger partial charge in [-0.2, -0.15) is 0 Å². The number of hydrogen-bond donors (Lipinski definition) is 1. The van der Waals surface area contributed by atoms with Crippen LogP contribution in [0.4, 0.5) is 5.69 Å². The molecule has 0 bridgehead atoms. The van der Waals surface area contributed by atoms with E-state index in [1.54, 1.807) is 11.8 Å². The van der Waals surface area contributed by atoms with Gasteiger partial charge in [0.2, 0.25) is 15.9 Å². The molecule has 0 unspecified atom stereocenters. The number of sulfonamides is 1. The number of halogens is 1. The third-order valence-corrected chi connectivity index (χ3v) is 7.51. The number of carbonyl (C=O) groups excluding carboxylic acids is 1. The lowest BCUT2D eigenvalue weighted by atomic mass is 10.0. The number of rotatable bonds is 6. The molecule has 1 aliphatic carbocycles. The van der Waals surface area contributed by atoms with E-state index >= 15 is 0 Å². The van der Waals surface area contributed by atoms with Crippen molar-refractivity contribution in [3.8, 4) is 0 Å². The molecule has 1 N–H and O–H groups in total. The molecule has 134 valence electrons. The first kappa shape index (κ1) is 19.6. The van der Waals surface area contributed by atoms with Crippen molar-refractivity contribution in [1.29, 1.82) is 0 Å². The second-order valence-corrected chi connectivity index (χ2v) is 9.90. The van der Waals surface area contributed by atoms with Crippen molar-refractivity contribution in [2.75, 3.05) is 25.2 Å². The van der Waals surface area contributed by atoms with E-state index in [0.29, 0.717) is 21.7 Å². The minimum absolute atomic E-state index is 0.104. The molecule has 1 aliphatic rings. The Kier molecular flexibility index (Phi) is 6.98. The molecule has 1 fully saturated rings. The van der Waals surface area contributed by atoms with E-state index in [-0.39, 0.29) is 10.8 Å². The van der Waals surface area contributed by atoms with Crippen molar-refractivity contribution in [3.63, 3.8) is 0 Å². The first-order valence-electron chi connectivity index (χ1n) is 7.94. The Balaban J connectivity index is 2.01. The maximum absolute atomic E-state index is 12.2. The van der Waals surface area contributed by atoms with E-state index < -0.39 is 10.0 Å². The van der Waals surface area contributed by atoms with E-state index in [9.17, 15) is 13.2 Å². The number of amides is 1. The van der Waals surface area contributed by atoms with Gasteiger partial charge in [0.25, 0.3) is 0 Å². The van der Waals surface area contributed by atoms with Crippen molar-refractivity contribution >= 4 is 45.0 Å². The van der Waals surface area contributed by atoms with E-state index in [4.69, 9.17) is 11.6 Å². The molecular formula is C16H23ClN2O3S2. The highest BCUT2D eigenvalue weighted by Crippen LogP contribution is 2.29. The highest BCUT2D eigenvalue weighted by molar-refractivity contribution is 8.00. The van der Waals surface area contributed by atoms with Crippen molar-refractivity contribution < 1.29 is 13.2 Å². The van der Waals surface area contributed by atoms with Gasteiger partial charge in [-0.1, -0.05) is 30.9 Å². The van der Waals surface area contributed by atoms with Crippen LogP contribution in [0.2, 0.25) is 5.02 Å². The van der Waals surface area contributed by atoms with Crippen LogP contribution >= 0.6 is 23.4 Å². The second-order valence-electron chi connectivity index (χ2n) is 6.05. The molecule has 2 rings (SSSR count). The SMILES string of the molecule is CN(C)S(=O)(=O)c1ccc(Cl)c(NC(=O)CSC2CCCCC2)c1. The van der Waals surface area contributed by atoms with Crippen LogP contribution in [-0.4, -0.2) is 43.7 Å². The third kappa shape index (κ3) is 5.12. The number of nitrogens with zero attached hydrogens (tertiary/aromatic N) is 1. The molecule has 0 spiro atoms. The first-order valence-corrected chi connectivity index (χ1v) is 10.8. The number of anilines is 1. The van der Waals surface area contributed by atoms with Gasteiger partial charge in [0.15, 0.2) is 0 Å². The van der Waals surface area contributed by atoms with Crippen LogP contribution in [0.5, 0.6) is 0 Å². The average molecular weight is 391 g/mol. The summed E-state index contributed by atoms with van der Waals surface area (Å²) < 4.78 is 25.5. The first-order chi connectivity index (χ1) is 11.3. The number of thioether (sulfide) groups is 1. The minimum Gasteiger partial charge on any atom is -0.324 e. The van der Waals surface area contributed by atoms with Gasteiger partial charge in [-0.05, 0) is 31.0 Å². The van der Waals surface area contributed by atoms with Gasteiger partial charge >= 0.3 is 0 Å². The molecule has 1 aromatic rings. The molecule has 1 amide bonds. The van der Waals surface area contributed by atoms with Crippen molar-refractivity contribution in [2.24, 2.45) is 0 Å². The molecule has 5 nitrogen and oxygen atoms in total. The normalized spacial score (nSPS) is 16.3. The molecule has 0 heterocycles. The topological polar surface area (TPSA) is 66.5 Å². The predicted molar refractivity (Wildman–Crippen MR) is 100 cm³/mol. The van der Waals surface area contributed by atoms with Crippen molar-refractivity contribution in [2.45, 2.75) is 42.2 Å². The Labute approximate surface area is 153 Å². The smallest absolute Gasteiger partial charge is 0.242 e. The van der Waals surface area contributed by atoms with Crippen LogP contribution in [-0.2, 0) is 14.8 Å². The van der Waals surface area contributed by atoms with Gasteiger partial charge < -0.3 is 5.32 Å². The van der Waals surface area contributed by atoms with E-state index in [1.165, 1.54) is 51.6 Å². The lowest BCUT2D eigenvalue weighted by Crippen LogP contribution is -2.23. The number of carbonyl (C=O) groups is 1. The Morgan fingerprint density at radius 1 is 1.29 bits per heavy atom. The molecule has 24 heavy (non-hydrogen) atoms. The summed E-state index contributed by atoms with van der Waals surface area (Å²) in [7, 11) is -0.641. The largest absolute Gasteiger partial charge is 0.324 e. The Morgan fingerprint density at radius 2 is 1.96 bits per heavy atom. The molecule has 0 radical (unpaired) electrons. The van der Waals surface area contributed by atoms with Gasteiger partial charge in [-0.3, -0.25) is 4.79 Å². The summed E-state index contributed by atoms with van der Waals surface area (Å²) in [6.07, 6.45) is 6.07. The van der Waals surface area contributed by atoms with Crippen LogP contribution in [0.3, 0.4) is 0 Å². The van der Waals surface area contributed by atoms with Crippen LogP contribution in [0.1, 0.15) is 32.1 Å². The fourth-order valence-corrected chi connectivity index (χ4v) is 4.80. The lowest BCUT2D eigenvalue weighted by Gasteiger charge is -2.20. The Morgan fingerprint density at radius 3 is 2.58 bits per heavy atom. The fourth-order valence-electron chi connectivity index (χ4n) is 2.58. The summed E-state index contributed by atoms with van der Waals surface area (Å²) in [5.41, 5.74) is 0.328. The second kappa shape index (κ2) is 8.56. The summed E-state index contributed by atoms with van der Waals surface area (Å²) >= 11 is 7.75. The minimum atomic E-state index is -3.56. The average Bonchev–Trinajstić information content (AvgIpc) is 2.55. The summed E-state index contributed by atoms with van der Waals surface area (Å²) in [4.78, 5) is 12.3. The van der Waals surface area contributed by atoms with Gasteiger partial charge in [0, 0.05) is 19.3 Å². The highest BCUT2D eigenvalue weighted by atomic mass is 35.5. The molecular weight excluding hydrogens is 368 g/mol. The standard InChI is InChI=1S/C16H23ClN2O3S2/c1-19(2)24(21,22)13-8-9-14(17)15(10-13)18-16(20)11-23-12-6-4-3-5-7-12/h8-10,12H,3-7,11H2,1-2H3,(H,18,20). The fraction of sp³-hybridized carbons (Fsp3) is 0.562. The predicted octanol–water partition coefficient (Wildman–Crippen LogP) is 3.59. The zero-order valence-corrected chi connectivity index (χ0v) is 16.3. The molecule has 0 aliphatic heterocycles. The third-order valence-electron chi connectivity index (χ3n) is 3.99. The molecule has 0 aromatic heterocycles. The van der Waals surface area contributed by atoms with E-state index in [0.717, 1.165) is 17.1 Å². The molecule has 1 saturated carbocycles. The van der Waals surface area contributed by atoms with Crippen LogP contribution < -0.4 is 5.32 Å². The summed E-state index contributed by atoms with van der Waals surface area (Å²) in [6.45, 7) is 0. The maximum atomic E-state index is 12.2. The summed E-state index contributed by atoms with van der Waals surface area (Å²) in [6, 6.07) is 4.33. The van der Waals surface area contributed by atoms with Gasteiger partial charge in [0.1, 0.15) is 0 Å². The quantitative estimate of drug-likeness (QED) is 0.805. The molecule has 0 atom stereocenters.